The molecule has 2 nitrogen and oxygen atoms in total. The van der Waals surface area contributed by atoms with Crippen LogP contribution in [-0.2, 0) is 0 Å². The van der Waals surface area contributed by atoms with E-state index < -0.39 is 0 Å². The van der Waals surface area contributed by atoms with E-state index in [0.717, 1.165) is 23.4 Å². The molecule has 0 aliphatic carbocycles. The summed E-state index contributed by atoms with van der Waals surface area (Å²) in [7, 11) is 0. The van der Waals surface area contributed by atoms with Gasteiger partial charge in [-0.2, -0.15) is 0 Å². The Morgan fingerprint density at radius 3 is 2.95 bits per heavy atom. The lowest BCUT2D eigenvalue weighted by Crippen LogP contribution is -2.14. The summed E-state index contributed by atoms with van der Waals surface area (Å²) in [4.78, 5) is 0. The van der Waals surface area contributed by atoms with Crippen LogP contribution in [-0.4, -0.2) is 13.2 Å². The van der Waals surface area contributed by atoms with E-state index in [9.17, 15) is 0 Å². The van der Waals surface area contributed by atoms with Crippen LogP contribution in [0.25, 0.3) is 0 Å². The molecule has 0 aromatic heterocycles. The topological polar surface area (TPSA) is 21.3 Å². The average Bonchev–Trinajstić information content (AvgIpc) is 2.84. The monoisotopic (exact) mass is 317 g/mol. The van der Waals surface area contributed by atoms with Gasteiger partial charge in [-0.15, -0.1) is 0 Å². The third-order valence-corrected chi connectivity index (χ3v) is 4.46. The molecule has 0 fully saturated rings. The van der Waals surface area contributed by atoms with Gasteiger partial charge in [-0.3, -0.25) is 0 Å². The zero-order chi connectivity index (χ0) is 13.2. The fraction of sp³-hybridized carbons (Fsp3) is 0.250. The zero-order valence-corrected chi connectivity index (χ0v) is 12.4. The summed E-state index contributed by atoms with van der Waals surface area (Å²) >= 11 is 3.56. The zero-order valence-electron chi connectivity index (χ0n) is 10.8. The molecule has 19 heavy (non-hydrogen) atoms. The van der Waals surface area contributed by atoms with Crippen molar-refractivity contribution in [3.8, 4) is 5.75 Å². The standard InChI is InChI=1S/C16H16BrNO/c1-11-14(17)6-4-7-15(11)18-9-12-10-19-16-8-3-2-5-13(12)16/h2-8,12,18H,9-10H2,1H3. The predicted octanol–water partition coefficient (Wildman–Crippen LogP) is 4.35. The maximum absolute atomic E-state index is 5.70. The SMILES string of the molecule is Cc1c(Br)cccc1NCC1COc2ccccc21. The largest absolute Gasteiger partial charge is 0.493 e. The van der Waals surface area contributed by atoms with E-state index in [4.69, 9.17) is 4.74 Å². The first-order valence-corrected chi connectivity index (χ1v) is 7.25. The van der Waals surface area contributed by atoms with E-state index >= 15 is 0 Å². The smallest absolute Gasteiger partial charge is 0.122 e. The number of anilines is 1. The number of nitrogens with one attached hydrogen (secondary N) is 1. The summed E-state index contributed by atoms with van der Waals surface area (Å²) in [6, 6.07) is 14.5. The first kappa shape index (κ1) is 12.5. The maximum atomic E-state index is 5.70. The average molecular weight is 318 g/mol. The fourth-order valence-corrected chi connectivity index (χ4v) is 2.80. The van der Waals surface area contributed by atoms with Crippen molar-refractivity contribution in [1.82, 2.24) is 0 Å². The Balaban J connectivity index is 1.73. The maximum Gasteiger partial charge on any atom is 0.122 e. The molecule has 0 bridgehead atoms. The molecule has 1 atom stereocenters. The molecule has 1 heterocycles. The number of hydrogen-bond donors (Lipinski definition) is 1. The second kappa shape index (κ2) is 5.25. The van der Waals surface area contributed by atoms with Crippen molar-refractivity contribution in [3.63, 3.8) is 0 Å². The van der Waals surface area contributed by atoms with Crippen LogP contribution in [0.5, 0.6) is 5.75 Å². The Kier molecular flexibility index (Phi) is 3.47. The molecule has 0 saturated heterocycles. The molecule has 98 valence electrons. The third kappa shape index (κ3) is 2.47. The van der Waals surface area contributed by atoms with Crippen LogP contribution in [0.4, 0.5) is 5.69 Å². The normalized spacial score (nSPS) is 16.8. The first-order chi connectivity index (χ1) is 9.25. The Morgan fingerprint density at radius 2 is 2.05 bits per heavy atom. The molecule has 3 heteroatoms. The number of benzene rings is 2. The molecule has 0 amide bonds. The van der Waals surface area contributed by atoms with Gasteiger partial charge in [0.25, 0.3) is 0 Å². The van der Waals surface area contributed by atoms with E-state index in [-0.39, 0.29) is 0 Å². The number of fused-ring (bicyclic) bond motifs is 1. The molecule has 3 rings (SSSR count). The van der Waals surface area contributed by atoms with Crippen molar-refractivity contribution in [3.05, 3.63) is 58.1 Å². The Labute approximate surface area is 121 Å². The highest BCUT2D eigenvalue weighted by Crippen LogP contribution is 2.34. The minimum atomic E-state index is 0.426. The summed E-state index contributed by atoms with van der Waals surface area (Å²) in [5, 5.41) is 3.53. The number of para-hydroxylation sites is 1. The number of hydrogen-bond acceptors (Lipinski definition) is 2. The van der Waals surface area contributed by atoms with Gasteiger partial charge in [-0.1, -0.05) is 40.2 Å². The first-order valence-electron chi connectivity index (χ1n) is 6.46. The van der Waals surface area contributed by atoms with Gasteiger partial charge >= 0.3 is 0 Å². The van der Waals surface area contributed by atoms with Crippen LogP contribution in [0.1, 0.15) is 17.0 Å². The van der Waals surface area contributed by atoms with E-state index in [1.165, 1.54) is 16.8 Å². The third-order valence-electron chi connectivity index (χ3n) is 3.61. The number of halogens is 1. The van der Waals surface area contributed by atoms with E-state index in [0.29, 0.717) is 5.92 Å². The van der Waals surface area contributed by atoms with E-state index in [1.54, 1.807) is 0 Å². The van der Waals surface area contributed by atoms with Crippen LogP contribution in [0, 0.1) is 6.92 Å². The van der Waals surface area contributed by atoms with Crippen LogP contribution in [0.3, 0.4) is 0 Å². The van der Waals surface area contributed by atoms with Gasteiger partial charge < -0.3 is 10.1 Å². The highest BCUT2D eigenvalue weighted by molar-refractivity contribution is 9.10. The highest BCUT2D eigenvalue weighted by Gasteiger charge is 2.23. The van der Waals surface area contributed by atoms with Gasteiger partial charge in [-0.05, 0) is 30.7 Å². The van der Waals surface area contributed by atoms with E-state index in [1.807, 2.05) is 12.1 Å². The molecule has 1 aliphatic rings. The lowest BCUT2D eigenvalue weighted by atomic mass is 10.0. The molecular formula is C16H16BrNO. The van der Waals surface area contributed by atoms with Crippen molar-refractivity contribution >= 4 is 21.6 Å². The summed E-state index contributed by atoms with van der Waals surface area (Å²) in [6.07, 6.45) is 0. The highest BCUT2D eigenvalue weighted by atomic mass is 79.9. The number of ether oxygens (including phenoxy) is 1. The Hall–Kier alpha value is -1.48. The lowest BCUT2D eigenvalue weighted by Gasteiger charge is -2.14. The van der Waals surface area contributed by atoms with Gasteiger partial charge in [0.15, 0.2) is 0 Å². The second-order valence-electron chi connectivity index (χ2n) is 4.84. The Morgan fingerprint density at radius 1 is 1.21 bits per heavy atom. The lowest BCUT2D eigenvalue weighted by molar-refractivity contribution is 0.334. The van der Waals surface area contributed by atoms with Crippen LogP contribution >= 0.6 is 15.9 Å². The van der Waals surface area contributed by atoms with Crippen LogP contribution in [0.15, 0.2) is 46.9 Å². The minimum absolute atomic E-state index is 0.426. The quantitative estimate of drug-likeness (QED) is 0.909. The second-order valence-corrected chi connectivity index (χ2v) is 5.69. The van der Waals surface area contributed by atoms with Crippen LogP contribution < -0.4 is 10.1 Å². The molecular weight excluding hydrogens is 302 g/mol. The summed E-state index contributed by atoms with van der Waals surface area (Å²) in [6.45, 7) is 3.78. The molecule has 1 aliphatic heterocycles. The van der Waals surface area contributed by atoms with Crippen molar-refractivity contribution in [2.24, 2.45) is 0 Å². The molecule has 1 unspecified atom stereocenters. The van der Waals surface area contributed by atoms with Gasteiger partial charge in [0.05, 0.1) is 6.61 Å². The summed E-state index contributed by atoms with van der Waals surface area (Å²) in [5.74, 6) is 1.45. The van der Waals surface area contributed by atoms with Gasteiger partial charge in [0.1, 0.15) is 5.75 Å². The van der Waals surface area contributed by atoms with Crippen molar-refractivity contribution in [2.75, 3.05) is 18.5 Å². The van der Waals surface area contributed by atoms with Crippen molar-refractivity contribution in [2.45, 2.75) is 12.8 Å². The van der Waals surface area contributed by atoms with Gasteiger partial charge in [-0.25, -0.2) is 0 Å². The fourth-order valence-electron chi connectivity index (χ4n) is 2.43. The molecule has 2 aromatic rings. The Bertz CT molecular complexity index is 597. The summed E-state index contributed by atoms with van der Waals surface area (Å²) < 4.78 is 6.84. The molecule has 1 N–H and O–H groups in total. The molecule has 0 radical (unpaired) electrons. The predicted molar refractivity (Wildman–Crippen MR) is 82.0 cm³/mol. The van der Waals surface area contributed by atoms with Gasteiger partial charge in [0.2, 0.25) is 0 Å². The van der Waals surface area contributed by atoms with Crippen molar-refractivity contribution in [1.29, 1.82) is 0 Å². The summed E-state index contributed by atoms with van der Waals surface area (Å²) in [5.41, 5.74) is 3.73. The van der Waals surface area contributed by atoms with E-state index in [2.05, 4.69) is 58.5 Å². The minimum Gasteiger partial charge on any atom is -0.493 e. The molecule has 0 saturated carbocycles. The van der Waals surface area contributed by atoms with Gasteiger partial charge in [0, 0.05) is 28.2 Å². The molecule has 0 spiro atoms. The molecule has 2 aromatic carbocycles. The van der Waals surface area contributed by atoms with Crippen molar-refractivity contribution < 1.29 is 4.74 Å². The number of rotatable bonds is 3. The van der Waals surface area contributed by atoms with Crippen LogP contribution in [0.2, 0.25) is 0 Å².